The summed E-state index contributed by atoms with van der Waals surface area (Å²) in [6, 6.07) is 17.6. The number of rotatable bonds is 5. The third-order valence-corrected chi connectivity index (χ3v) is 5.38. The Morgan fingerprint density at radius 1 is 1.13 bits per heavy atom. The first-order chi connectivity index (χ1) is 14.3. The summed E-state index contributed by atoms with van der Waals surface area (Å²) >= 11 is 0. The highest BCUT2D eigenvalue weighted by molar-refractivity contribution is 7.92. The number of hydrazone groups is 1. The minimum atomic E-state index is -3.35. The van der Waals surface area contributed by atoms with E-state index in [-0.39, 0.29) is 11.9 Å². The molecule has 0 fully saturated rings. The molecule has 1 amide bonds. The van der Waals surface area contributed by atoms with Gasteiger partial charge in [-0.05, 0) is 48.9 Å². The second kappa shape index (κ2) is 7.79. The van der Waals surface area contributed by atoms with Crippen molar-refractivity contribution in [2.75, 3.05) is 11.0 Å². The van der Waals surface area contributed by atoms with Crippen LogP contribution in [0.25, 0.3) is 0 Å². The summed E-state index contributed by atoms with van der Waals surface area (Å²) in [5.74, 6) is 0.454. The number of nitrogens with zero attached hydrogens (tertiary/aromatic N) is 2. The van der Waals surface area contributed by atoms with Crippen molar-refractivity contribution in [3.05, 3.63) is 89.4 Å². The topological polar surface area (TPSA) is 92.0 Å². The van der Waals surface area contributed by atoms with Crippen molar-refractivity contribution in [1.29, 1.82) is 0 Å². The highest BCUT2D eigenvalue weighted by Gasteiger charge is 2.35. The van der Waals surface area contributed by atoms with Crippen LogP contribution in [0.15, 0.2) is 76.4 Å². The van der Waals surface area contributed by atoms with Gasteiger partial charge >= 0.3 is 0 Å². The van der Waals surface area contributed by atoms with E-state index in [2.05, 4.69) is 9.82 Å². The Hall–Kier alpha value is -3.39. The summed E-state index contributed by atoms with van der Waals surface area (Å²) in [4.78, 5) is 13.2. The van der Waals surface area contributed by atoms with Crippen molar-refractivity contribution < 1.29 is 17.6 Å². The molecular weight excluding hydrogens is 402 g/mol. The average Bonchev–Trinajstić information content (AvgIpc) is 3.36. The lowest BCUT2D eigenvalue weighted by Crippen LogP contribution is -2.26. The zero-order valence-corrected chi connectivity index (χ0v) is 17.4. The number of carbonyl (C=O) groups is 1. The molecule has 2 heterocycles. The molecule has 4 rings (SSSR count). The van der Waals surface area contributed by atoms with Gasteiger partial charge in [0, 0.05) is 17.7 Å². The third kappa shape index (κ3) is 4.28. The summed E-state index contributed by atoms with van der Waals surface area (Å²) in [5.41, 5.74) is 3.56. The lowest BCUT2D eigenvalue weighted by atomic mass is 10.0. The van der Waals surface area contributed by atoms with Crippen LogP contribution in [0.2, 0.25) is 0 Å². The second-order valence-corrected chi connectivity index (χ2v) is 9.00. The number of furan rings is 1. The molecule has 0 unspecified atom stereocenters. The SMILES string of the molecule is Cc1cccc(C(=O)N2N=C(c3ccc(NS(C)(=O)=O)cc3)C[C@H]2c2ccco2)c1. The molecule has 8 heteroatoms. The molecule has 0 radical (unpaired) electrons. The molecule has 7 nitrogen and oxygen atoms in total. The van der Waals surface area contributed by atoms with Crippen LogP contribution in [-0.4, -0.2) is 31.3 Å². The van der Waals surface area contributed by atoms with Crippen molar-refractivity contribution in [3.8, 4) is 0 Å². The molecule has 0 aliphatic carbocycles. The Morgan fingerprint density at radius 3 is 2.53 bits per heavy atom. The van der Waals surface area contributed by atoms with Gasteiger partial charge in [0.05, 0.1) is 18.2 Å². The quantitative estimate of drug-likeness (QED) is 0.673. The number of benzene rings is 2. The molecule has 1 aliphatic heterocycles. The predicted molar refractivity (Wildman–Crippen MR) is 115 cm³/mol. The van der Waals surface area contributed by atoms with Gasteiger partial charge < -0.3 is 4.42 Å². The number of nitrogens with one attached hydrogen (secondary N) is 1. The van der Waals surface area contributed by atoms with Crippen molar-refractivity contribution in [3.63, 3.8) is 0 Å². The van der Waals surface area contributed by atoms with Crippen molar-refractivity contribution >= 4 is 27.3 Å². The molecule has 1 aromatic heterocycles. The number of carbonyl (C=O) groups excluding carboxylic acids is 1. The number of sulfonamides is 1. The minimum absolute atomic E-state index is 0.203. The first-order valence-corrected chi connectivity index (χ1v) is 11.3. The number of anilines is 1. The smallest absolute Gasteiger partial charge is 0.274 e. The fourth-order valence-electron chi connectivity index (χ4n) is 3.43. The van der Waals surface area contributed by atoms with Crippen LogP contribution in [0.4, 0.5) is 5.69 Å². The highest BCUT2D eigenvalue weighted by Crippen LogP contribution is 2.34. The first kappa shape index (κ1) is 19.9. The first-order valence-electron chi connectivity index (χ1n) is 9.39. The number of amides is 1. The molecule has 30 heavy (non-hydrogen) atoms. The summed E-state index contributed by atoms with van der Waals surface area (Å²) in [5, 5.41) is 6.07. The second-order valence-electron chi connectivity index (χ2n) is 7.25. The van der Waals surface area contributed by atoms with Crippen LogP contribution >= 0.6 is 0 Å². The minimum Gasteiger partial charge on any atom is -0.467 e. The van der Waals surface area contributed by atoms with Gasteiger partial charge in [0.25, 0.3) is 5.91 Å². The van der Waals surface area contributed by atoms with E-state index in [1.165, 1.54) is 5.01 Å². The van der Waals surface area contributed by atoms with Gasteiger partial charge in [0.1, 0.15) is 11.8 Å². The average molecular weight is 423 g/mol. The molecule has 1 aliphatic rings. The van der Waals surface area contributed by atoms with E-state index in [1.807, 2.05) is 31.2 Å². The molecule has 0 saturated carbocycles. The molecule has 1 atom stereocenters. The monoisotopic (exact) mass is 423 g/mol. The lowest BCUT2D eigenvalue weighted by Gasteiger charge is -2.20. The normalized spacial score (nSPS) is 16.4. The largest absolute Gasteiger partial charge is 0.467 e. The van der Waals surface area contributed by atoms with Crippen LogP contribution in [0, 0.1) is 6.92 Å². The van der Waals surface area contributed by atoms with E-state index in [0.29, 0.717) is 23.4 Å². The molecular formula is C22H21N3O4S. The van der Waals surface area contributed by atoms with Gasteiger partial charge in [0.2, 0.25) is 10.0 Å². The van der Waals surface area contributed by atoms with Gasteiger partial charge in [-0.2, -0.15) is 5.10 Å². The van der Waals surface area contributed by atoms with Crippen molar-refractivity contribution in [2.45, 2.75) is 19.4 Å². The maximum Gasteiger partial charge on any atom is 0.274 e. The Bertz CT molecular complexity index is 1200. The van der Waals surface area contributed by atoms with Gasteiger partial charge in [-0.25, -0.2) is 13.4 Å². The van der Waals surface area contributed by atoms with Gasteiger partial charge in [-0.15, -0.1) is 0 Å². The van der Waals surface area contributed by atoms with Crippen LogP contribution in [0.1, 0.15) is 39.7 Å². The van der Waals surface area contributed by atoms with Gasteiger partial charge in [-0.1, -0.05) is 29.8 Å². The molecule has 2 aromatic carbocycles. The van der Waals surface area contributed by atoms with Gasteiger partial charge in [0.15, 0.2) is 0 Å². The zero-order chi connectivity index (χ0) is 21.3. The van der Waals surface area contributed by atoms with Crippen molar-refractivity contribution in [2.24, 2.45) is 5.10 Å². The number of hydrogen-bond acceptors (Lipinski definition) is 5. The Labute approximate surface area is 175 Å². The molecule has 0 saturated heterocycles. The standard InChI is InChI=1S/C22H21N3O4S/c1-15-5-3-6-17(13-15)22(26)25-20(21-7-4-12-29-21)14-19(23-25)16-8-10-18(11-9-16)24-30(2,27)28/h3-13,20,24H,14H2,1-2H3/t20-/m0/s1. The summed E-state index contributed by atoms with van der Waals surface area (Å²) in [6.07, 6.45) is 3.17. The van der Waals surface area contributed by atoms with Crippen LogP contribution in [-0.2, 0) is 10.0 Å². The van der Waals surface area contributed by atoms with Crippen LogP contribution < -0.4 is 4.72 Å². The van der Waals surface area contributed by atoms with E-state index in [1.54, 1.807) is 42.7 Å². The van der Waals surface area contributed by atoms with E-state index >= 15 is 0 Å². The van der Waals surface area contributed by atoms with E-state index in [4.69, 9.17) is 4.42 Å². The molecule has 1 N–H and O–H groups in total. The Morgan fingerprint density at radius 2 is 1.90 bits per heavy atom. The Balaban J connectivity index is 1.66. The summed E-state index contributed by atoms with van der Waals surface area (Å²) < 4.78 is 30.8. The number of hydrogen-bond donors (Lipinski definition) is 1. The summed E-state index contributed by atoms with van der Waals surface area (Å²) in [7, 11) is -3.35. The van der Waals surface area contributed by atoms with Crippen molar-refractivity contribution in [1.82, 2.24) is 5.01 Å². The summed E-state index contributed by atoms with van der Waals surface area (Å²) in [6.45, 7) is 1.94. The highest BCUT2D eigenvalue weighted by atomic mass is 32.2. The fourth-order valence-corrected chi connectivity index (χ4v) is 3.99. The van der Waals surface area contributed by atoms with Gasteiger partial charge in [-0.3, -0.25) is 9.52 Å². The third-order valence-electron chi connectivity index (χ3n) is 4.78. The molecule has 154 valence electrons. The van der Waals surface area contributed by atoms with E-state index < -0.39 is 10.0 Å². The predicted octanol–water partition coefficient (Wildman–Crippen LogP) is 3.95. The zero-order valence-electron chi connectivity index (χ0n) is 16.6. The lowest BCUT2D eigenvalue weighted by molar-refractivity contribution is 0.0692. The van der Waals surface area contributed by atoms with Crippen LogP contribution in [0.5, 0.6) is 0 Å². The molecule has 3 aromatic rings. The molecule has 0 spiro atoms. The maximum absolute atomic E-state index is 13.2. The number of aryl methyl sites for hydroxylation is 1. The maximum atomic E-state index is 13.2. The van der Waals surface area contributed by atoms with Crippen LogP contribution in [0.3, 0.4) is 0 Å². The van der Waals surface area contributed by atoms with E-state index in [0.717, 1.165) is 23.1 Å². The fraction of sp³-hybridized carbons (Fsp3) is 0.182. The van der Waals surface area contributed by atoms with E-state index in [9.17, 15) is 13.2 Å². The Kier molecular flexibility index (Phi) is 5.17. The molecule has 0 bridgehead atoms.